The molecule has 0 saturated heterocycles. The summed E-state index contributed by atoms with van der Waals surface area (Å²) >= 11 is -2.85. The molecule has 6 nitrogen and oxygen atoms in total. The van der Waals surface area contributed by atoms with Gasteiger partial charge in [-0.1, -0.05) is 4.47 Å². The highest BCUT2D eigenvalue weighted by Crippen LogP contribution is 1.94. The molecule has 0 radical (unpaired) electrons. The van der Waals surface area contributed by atoms with E-state index in [1.54, 1.807) is 0 Å². The number of hydrogen-bond donors (Lipinski definition) is 0. The molecule has 0 bridgehead atoms. The third-order valence-electron chi connectivity index (χ3n) is 0.633. The van der Waals surface area contributed by atoms with Crippen molar-refractivity contribution in [3.63, 3.8) is 0 Å². The number of sulfonamides is 1. The van der Waals surface area contributed by atoms with Gasteiger partial charge in [0.15, 0.2) is 0 Å². The molecule has 8 heteroatoms. The summed E-state index contributed by atoms with van der Waals surface area (Å²) in [6.07, 6.45) is 0.819. The largest absolute Gasteiger partial charge is 0.748 e. The molecular formula is C2H6NO5S2-. The predicted molar refractivity (Wildman–Crippen MR) is 32.6 cm³/mol. The van der Waals surface area contributed by atoms with E-state index in [2.05, 4.69) is 4.28 Å². The zero-order valence-corrected chi connectivity index (χ0v) is 6.94. The molecule has 0 amide bonds. The van der Waals surface area contributed by atoms with E-state index in [4.69, 9.17) is 0 Å². The Balaban J connectivity index is 4.12. The molecule has 0 aliphatic rings. The first kappa shape index (κ1) is 9.98. The summed E-state index contributed by atoms with van der Waals surface area (Å²) in [6, 6.07) is 0. The molecule has 0 spiro atoms. The van der Waals surface area contributed by atoms with E-state index >= 15 is 0 Å². The summed E-state index contributed by atoms with van der Waals surface area (Å²) in [5.41, 5.74) is 0. The van der Waals surface area contributed by atoms with Crippen molar-refractivity contribution in [2.75, 3.05) is 13.3 Å². The van der Waals surface area contributed by atoms with E-state index in [9.17, 15) is 17.2 Å². The van der Waals surface area contributed by atoms with Crippen LogP contribution in [0, 0.1) is 0 Å². The van der Waals surface area contributed by atoms with Crippen molar-refractivity contribution in [2.45, 2.75) is 0 Å². The van der Waals surface area contributed by atoms with Crippen LogP contribution < -0.4 is 0 Å². The van der Waals surface area contributed by atoms with Gasteiger partial charge in [0.25, 0.3) is 0 Å². The van der Waals surface area contributed by atoms with Gasteiger partial charge in [-0.25, -0.2) is 12.6 Å². The Kier molecular flexibility index (Phi) is 3.39. The highest BCUT2D eigenvalue weighted by molar-refractivity contribution is 7.88. The van der Waals surface area contributed by atoms with Crippen LogP contribution in [0.2, 0.25) is 0 Å². The molecule has 1 unspecified atom stereocenters. The zero-order valence-electron chi connectivity index (χ0n) is 5.30. The van der Waals surface area contributed by atoms with Crippen LogP contribution in [0.25, 0.3) is 0 Å². The first-order valence-corrected chi connectivity index (χ1v) is 4.90. The molecule has 0 saturated carbocycles. The van der Waals surface area contributed by atoms with Crippen molar-refractivity contribution in [1.82, 2.24) is 4.47 Å². The van der Waals surface area contributed by atoms with Crippen molar-refractivity contribution in [3.8, 4) is 0 Å². The summed E-state index contributed by atoms with van der Waals surface area (Å²) in [5.74, 6) is 0. The Labute approximate surface area is 61.3 Å². The minimum atomic E-state index is -3.58. The van der Waals surface area contributed by atoms with Gasteiger partial charge in [0.05, 0.1) is 6.26 Å². The average molecular weight is 188 g/mol. The van der Waals surface area contributed by atoms with Gasteiger partial charge in [-0.3, -0.25) is 0 Å². The Bertz CT molecular complexity index is 220. The molecule has 0 fully saturated rings. The second kappa shape index (κ2) is 3.39. The standard InChI is InChI=1S/C2H7NO5S2/c1-3(8-9(4)5)10(2,6)7/h1-2H3,(H,4,5)/p-1. The van der Waals surface area contributed by atoms with Gasteiger partial charge in [0.2, 0.25) is 10.0 Å². The van der Waals surface area contributed by atoms with Crippen LogP contribution in [0.3, 0.4) is 0 Å². The van der Waals surface area contributed by atoms with Crippen LogP contribution in [0.4, 0.5) is 0 Å². The number of hydroxylamine groups is 1. The van der Waals surface area contributed by atoms with Gasteiger partial charge in [-0.05, 0) is 0 Å². The smallest absolute Gasteiger partial charge is 0.233 e. The lowest BCUT2D eigenvalue weighted by Crippen LogP contribution is -2.26. The lowest BCUT2D eigenvalue weighted by atomic mass is 11.6. The van der Waals surface area contributed by atoms with E-state index < -0.39 is 21.4 Å². The molecule has 0 aromatic heterocycles. The molecular weight excluding hydrogens is 182 g/mol. The predicted octanol–water partition coefficient (Wildman–Crippen LogP) is -1.40. The van der Waals surface area contributed by atoms with Crippen LogP contribution in [-0.4, -0.2) is 35.0 Å². The average Bonchev–Trinajstić information content (AvgIpc) is 1.60. The summed E-state index contributed by atoms with van der Waals surface area (Å²) < 4.78 is 44.3. The fourth-order valence-corrected chi connectivity index (χ4v) is 0.904. The molecule has 0 N–H and O–H groups in total. The SMILES string of the molecule is CN(OS(=O)[O-])S(C)(=O)=O. The van der Waals surface area contributed by atoms with Gasteiger partial charge in [-0.15, -0.1) is 0 Å². The molecule has 0 aromatic carbocycles. The van der Waals surface area contributed by atoms with E-state index in [0.717, 1.165) is 13.3 Å². The summed E-state index contributed by atoms with van der Waals surface area (Å²) in [7, 11) is -2.60. The lowest BCUT2D eigenvalue weighted by molar-refractivity contribution is 0.0700. The van der Waals surface area contributed by atoms with Gasteiger partial charge >= 0.3 is 0 Å². The number of hydrogen-bond acceptors (Lipinski definition) is 5. The van der Waals surface area contributed by atoms with Crippen molar-refractivity contribution >= 4 is 21.4 Å². The third kappa shape index (κ3) is 3.90. The number of nitrogens with zero attached hydrogens (tertiary/aromatic N) is 1. The fourth-order valence-electron chi connectivity index (χ4n) is 0.141. The maximum atomic E-state index is 10.4. The molecule has 10 heavy (non-hydrogen) atoms. The molecule has 0 rings (SSSR count). The summed E-state index contributed by atoms with van der Waals surface area (Å²) in [5, 5.41) is 0. The second-order valence-electron chi connectivity index (χ2n) is 1.45. The molecule has 62 valence electrons. The number of rotatable bonds is 3. The van der Waals surface area contributed by atoms with Crippen LogP contribution in [-0.2, 0) is 25.7 Å². The van der Waals surface area contributed by atoms with Crippen molar-refractivity contribution < 1.29 is 21.5 Å². The Morgan fingerprint density at radius 2 is 2.00 bits per heavy atom. The lowest BCUT2D eigenvalue weighted by Gasteiger charge is -2.13. The third-order valence-corrected chi connectivity index (χ3v) is 2.08. The van der Waals surface area contributed by atoms with E-state index in [1.807, 2.05) is 0 Å². The molecule has 0 aliphatic carbocycles. The minimum absolute atomic E-state index is 0.246. The molecule has 0 aliphatic heterocycles. The fraction of sp³-hybridized carbons (Fsp3) is 1.00. The van der Waals surface area contributed by atoms with Crippen molar-refractivity contribution in [2.24, 2.45) is 0 Å². The summed E-state index contributed by atoms with van der Waals surface area (Å²) in [4.78, 5) is 0. The van der Waals surface area contributed by atoms with Gasteiger partial charge in [0.1, 0.15) is 11.4 Å². The van der Waals surface area contributed by atoms with E-state index in [0.29, 0.717) is 0 Å². The monoisotopic (exact) mass is 188 g/mol. The zero-order chi connectivity index (χ0) is 8.36. The minimum Gasteiger partial charge on any atom is -0.748 e. The van der Waals surface area contributed by atoms with Crippen LogP contribution in [0.5, 0.6) is 0 Å². The Morgan fingerprint density at radius 3 is 2.10 bits per heavy atom. The van der Waals surface area contributed by atoms with Crippen molar-refractivity contribution in [3.05, 3.63) is 0 Å². The second-order valence-corrected chi connectivity index (χ2v) is 3.99. The van der Waals surface area contributed by atoms with Crippen LogP contribution in [0.1, 0.15) is 0 Å². The van der Waals surface area contributed by atoms with Crippen LogP contribution >= 0.6 is 0 Å². The molecule has 1 atom stereocenters. The Hall–Kier alpha value is -0.0200. The summed E-state index contributed by atoms with van der Waals surface area (Å²) in [6.45, 7) is 0. The quantitative estimate of drug-likeness (QED) is 0.401. The van der Waals surface area contributed by atoms with Gasteiger partial charge in [-0.2, -0.15) is 4.28 Å². The molecule has 0 heterocycles. The Morgan fingerprint density at radius 1 is 1.60 bits per heavy atom. The topological polar surface area (TPSA) is 86.7 Å². The van der Waals surface area contributed by atoms with E-state index in [1.165, 1.54) is 0 Å². The maximum absolute atomic E-state index is 10.4. The first-order chi connectivity index (χ1) is 4.34. The maximum Gasteiger partial charge on any atom is 0.233 e. The van der Waals surface area contributed by atoms with Crippen LogP contribution in [0.15, 0.2) is 0 Å². The van der Waals surface area contributed by atoms with E-state index in [-0.39, 0.29) is 4.47 Å². The van der Waals surface area contributed by atoms with Crippen molar-refractivity contribution in [1.29, 1.82) is 0 Å². The highest BCUT2D eigenvalue weighted by Gasteiger charge is 2.10. The van der Waals surface area contributed by atoms with Gasteiger partial charge in [0, 0.05) is 7.05 Å². The first-order valence-electron chi connectivity index (χ1n) is 2.05. The highest BCUT2D eigenvalue weighted by atomic mass is 32.2. The normalized spacial score (nSPS) is 15.6. The molecule has 0 aromatic rings. The van der Waals surface area contributed by atoms with Gasteiger partial charge < -0.3 is 4.55 Å².